The number of ether oxygens (including phenoxy) is 2. The second kappa shape index (κ2) is 8.97. The molecular weight excluding hydrogens is 372 g/mol. The molecule has 4 rings (SSSR count). The van der Waals surface area contributed by atoms with Crippen molar-refractivity contribution in [1.29, 1.82) is 0 Å². The quantitative estimate of drug-likeness (QED) is 0.429. The molecule has 1 atom stereocenters. The SMILES string of the molecule is COc1ccc(-c2cc(CNC(C)c3ccnc4ccccc34)ccc2OC)cc1. The summed E-state index contributed by atoms with van der Waals surface area (Å²) in [6.45, 7) is 2.95. The largest absolute Gasteiger partial charge is 0.497 e. The molecular formula is C26H26N2O2. The number of nitrogens with zero attached hydrogens (tertiary/aromatic N) is 1. The summed E-state index contributed by atoms with van der Waals surface area (Å²) < 4.78 is 10.9. The number of para-hydroxylation sites is 1. The monoisotopic (exact) mass is 398 g/mol. The normalized spacial score (nSPS) is 12.0. The Morgan fingerprint density at radius 1 is 0.900 bits per heavy atom. The van der Waals surface area contributed by atoms with Crippen LogP contribution in [0.4, 0.5) is 0 Å². The van der Waals surface area contributed by atoms with Crippen LogP contribution in [-0.4, -0.2) is 19.2 Å². The van der Waals surface area contributed by atoms with Gasteiger partial charge in [-0.3, -0.25) is 4.98 Å². The Morgan fingerprint density at radius 3 is 2.47 bits per heavy atom. The molecule has 0 amide bonds. The van der Waals surface area contributed by atoms with Gasteiger partial charge in [0.15, 0.2) is 0 Å². The van der Waals surface area contributed by atoms with Gasteiger partial charge >= 0.3 is 0 Å². The number of fused-ring (bicyclic) bond motifs is 1. The Morgan fingerprint density at radius 2 is 1.70 bits per heavy atom. The smallest absolute Gasteiger partial charge is 0.126 e. The van der Waals surface area contributed by atoms with Gasteiger partial charge in [-0.05, 0) is 60.0 Å². The predicted octanol–water partition coefficient (Wildman–Crippen LogP) is 5.77. The standard InChI is InChI=1S/C26H26N2O2/c1-18(22-14-15-27-25-7-5-4-6-23(22)25)28-17-19-8-13-26(30-3)24(16-19)20-9-11-21(29-2)12-10-20/h4-16,18,28H,17H2,1-3H3. The highest BCUT2D eigenvalue weighted by Crippen LogP contribution is 2.32. The van der Waals surface area contributed by atoms with Crippen LogP contribution in [-0.2, 0) is 6.54 Å². The molecule has 0 aliphatic heterocycles. The van der Waals surface area contributed by atoms with Crippen LogP contribution in [0.2, 0.25) is 0 Å². The molecule has 0 aliphatic rings. The van der Waals surface area contributed by atoms with E-state index in [2.05, 4.69) is 65.8 Å². The number of benzene rings is 3. The first-order chi connectivity index (χ1) is 14.7. The Kier molecular flexibility index (Phi) is 5.96. The van der Waals surface area contributed by atoms with Crippen LogP contribution in [0.3, 0.4) is 0 Å². The Labute approximate surface area is 177 Å². The highest BCUT2D eigenvalue weighted by Gasteiger charge is 2.11. The van der Waals surface area contributed by atoms with Gasteiger partial charge in [0, 0.05) is 29.7 Å². The summed E-state index contributed by atoms with van der Waals surface area (Å²) in [6, 6.07) is 24.9. The molecule has 1 N–H and O–H groups in total. The molecule has 0 saturated heterocycles. The average Bonchev–Trinajstić information content (AvgIpc) is 2.82. The van der Waals surface area contributed by atoms with E-state index in [9.17, 15) is 0 Å². The number of pyridine rings is 1. The van der Waals surface area contributed by atoms with Crippen molar-refractivity contribution in [3.63, 3.8) is 0 Å². The summed E-state index contributed by atoms with van der Waals surface area (Å²) >= 11 is 0. The minimum absolute atomic E-state index is 0.199. The minimum Gasteiger partial charge on any atom is -0.497 e. The van der Waals surface area contributed by atoms with E-state index in [1.807, 2.05) is 30.5 Å². The molecule has 3 aromatic carbocycles. The third-order valence-corrected chi connectivity index (χ3v) is 5.43. The number of aromatic nitrogens is 1. The number of rotatable bonds is 7. The zero-order valence-corrected chi connectivity index (χ0v) is 17.6. The minimum atomic E-state index is 0.199. The number of hydrogen-bond acceptors (Lipinski definition) is 4. The van der Waals surface area contributed by atoms with Crippen molar-refractivity contribution < 1.29 is 9.47 Å². The lowest BCUT2D eigenvalue weighted by atomic mass is 10.0. The molecule has 1 heterocycles. The topological polar surface area (TPSA) is 43.4 Å². The summed E-state index contributed by atoms with van der Waals surface area (Å²) in [6.07, 6.45) is 1.88. The van der Waals surface area contributed by atoms with Crippen molar-refractivity contribution in [2.24, 2.45) is 0 Å². The van der Waals surface area contributed by atoms with Gasteiger partial charge in [-0.2, -0.15) is 0 Å². The van der Waals surface area contributed by atoms with Crippen molar-refractivity contribution in [3.05, 3.63) is 90.1 Å². The van der Waals surface area contributed by atoms with Crippen LogP contribution in [0.25, 0.3) is 22.0 Å². The zero-order chi connectivity index (χ0) is 20.9. The third-order valence-electron chi connectivity index (χ3n) is 5.43. The van der Waals surface area contributed by atoms with Crippen LogP contribution < -0.4 is 14.8 Å². The molecule has 4 nitrogen and oxygen atoms in total. The summed E-state index contributed by atoms with van der Waals surface area (Å²) in [5.41, 5.74) is 5.65. The molecule has 0 fully saturated rings. The van der Waals surface area contributed by atoms with Gasteiger partial charge < -0.3 is 14.8 Å². The fraction of sp³-hybridized carbons (Fsp3) is 0.192. The maximum absolute atomic E-state index is 5.60. The van der Waals surface area contributed by atoms with Crippen molar-refractivity contribution >= 4 is 10.9 Å². The van der Waals surface area contributed by atoms with Crippen LogP contribution >= 0.6 is 0 Å². The van der Waals surface area contributed by atoms with E-state index in [4.69, 9.17) is 9.47 Å². The second-order valence-electron chi connectivity index (χ2n) is 7.28. The second-order valence-corrected chi connectivity index (χ2v) is 7.28. The Balaban J connectivity index is 1.56. The van der Waals surface area contributed by atoms with Gasteiger partial charge in [0.05, 0.1) is 19.7 Å². The first kappa shape index (κ1) is 19.9. The molecule has 0 aliphatic carbocycles. The van der Waals surface area contributed by atoms with E-state index < -0.39 is 0 Å². The Hall–Kier alpha value is -3.37. The van der Waals surface area contributed by atoms with Gasteiger partial charge in [0.1, 0.15) is 11.5 Å². The summed E-state index contributed by atoms with van der Waals surface area (Å²) in [4.78, 5) is 4.47. The van der Waals surface area contributed by atoms with Crippen LogP contribution in [0, 0.1) is 0 Å². The van der Waals surface area contributed by atoms with Crippen LogP contribution in [0.15, 0.2) is 79.0 Å². The van der Waals surface area contributed by atoms with E-state index in [0.717, 1.165) is 34.7 Å². The van der Waals surface area contributed by atoms with Crippen molar-refractivity contribution in [3.8, 4) is 22.6 Å². The molecule has 4 aromatic rings. The van der Waals surface area contributed by atoms with E-state index in [-0.39, 0.29) is 6.04 Å². The van der Waals surface area contributed by atoms with E-state index >= 15 is 0 Å². The molecule has 0 saturated carbocycles. The number of methoxy groups -OCH3 is 2. The highest BCUT2D eigenvalue weighted by atomic mass is 16.5. The third kappa shape index (κ3) is 4.14. The van der Waals surface area contributed by atoms with Gasteiger partial charge in [-0.25, -0.2) is 0 Å². The average molecular weight is 399 g/mol. The number of hydrogen-bond donors (Lipinski definition) is 1. The van der Waals surface area contributed by atoms with E-state index in [1.165, 1.54) is 16.5 Å². The lowest BCUT2D eigenvalue weighted by molar-refractivity contribution is 0.414. The molecule has 0 spiro atoms. The maximum atomic E-state index is 5.60. The van der Waals surface area contributed by atoms with Crippen LogP contribution in [0.1, 0.15) is 24.1 Å². The number of nitrogens with one attached hydrogen (secondary N) is 1. The lowest BCUT2D eigenvalue weighted by Crippen LogP contribution is -2.18. The van der Waals surface area contributed by atoms with Gasteiger partial charge in [0.2, 0.25) is 0 Å². The first-order valence-corrected chi connectivity index (χ1v) is 10.1. The molecule has 0 bridgehead atoms. The summed E-state index contributed by atoms with van der Waals surface area (Å²) in [5, 5.41) is 4.84. The first-order valence-electron chi connectivity index (χ1n) is 10.1. The van der Waals surface area contributed by atoms with E-state index in [0.29, 0.717) is 0 Å². The zero-order valence-electron chi connectivity index (χ0n) is 17.6. The molecule has 1 unspecified atom stereocenters. The van der Waals surface area contributed by atoms with Gasteiger partial charge in [0.25, 0.3) is 0 Å². The lowest BCUT2D eigenvalue weighted by Gasteiger charge is -2.17. The summed E-state index contributed by atoms with van der Waals surface area (Å²) in [7, 11) is 3.38. The molecule has 30 heavy (non-hydrogen) atoms. The van der Waals surface area contributed by atoms with Gasteiger partial charge in [-0.15, -0.1) is 0 Å². The van der Waals surface area contributed by atoms with Crippen molar-refractivity contribution in [2.45, 2.75) is 19.5 Å². The fourth-order valence-corrected chi connectivity index (χ4v) is 3.74. The van der Waals surface area contributed by atoms with Crippen LogP contribution in [0.5, 0.6) is 11.5 Å². The molecule has 0 radical (unpaired) electrons. The van der Waals surface area contributed by atoms with E-state index in [1.54, 1.807) is 14.2 Å². The highest BCUT2D eigenvalue weighted by molar-refractivity contribution is 5.82. The predicted molar refractivity (Wildman–Crippen MR) is 122 cm³/mol. The molecule has 4 heteroatoms. The van der Waals surface area contributed by atoms with Gasteiger partial charge in [-0.1, -0.05) is 36.4 Å². The van der Waals surface area contributed by atoms with Crippen molar-refractivity contribution in [1.82, 2.24) is 10.3 Å². The maximum Gasteiger partial charge on any atom is 0.126 e. The fourth-order valence-electron chi connectivity index (χ4n) is 3.74. The molecule has 1 aromatic heterocycles. The molecule has 152 valence electrons. The Bertz CT molecular complexity index is 1130. The van der Waals surface area contributed by atoms with Crippen molar-refractivity contribution in [2.75, 3.05) is 14.2 Å². The summed E-state index contributed by atoms with van der Waals surface area (Å²) in [5.74, 6) is 1.70.